The smallest absolute Gasteiger partial charge is 0.126 e. The zero-order valence-electron chi connectivity index (χ0n) is 10.2. The van der Waals surface area contributed by atoms with Crippen molar-refractivity contribution in [2.75, 3.05) is 31.1 Å². The molecule has 0 radical (unpaired) electrons. The lowest BCUT2D eigenvalue weighted by Crippen LogP contribution is -2.35. The van der Waals surface area contributed by atoms with Crippen LogP contribution in [0.15, 0.2) is 18.2 Å². The SMILES string of the molecule is NCC(c1cc(F)cc(F)c1)N1CCCSCC1. The van der Waals surface area contributed by atoms with Gasteiger partial charge in [-0.2, -0.15) is 11.8 Å². The van der Waals surface area contributed by atoms with Crippen molar-refractivity contribution in [3.05, 3.63) is 35.4 Å². The van der Waals surface area contributed by atoms with E-state index in [9.17, 15) is 8.78 Å². The molecule has 2 rings (SSSR count). The normalized spacial score (nSPS) is 19.5. The van der Waals surface area contributed by atoms with Crippen LogP contribution in [0.5, 0.6) is 0 Å². The molecule has 1 aromatic rings. The Labute approximate surface area is 111 Å². The molecule has 1 aliphatic heterocycles. The minimum Gasteiger partial charge on any atom is -0.329 e. The summed E-state index contributed by atoms with van der Waals surface area (Å²) in [6.45, 7) is 2.24. The van der Waals surface area contributed by atoms with E-state index in [4.69, 9.17) is 5.73 Å². The number of hydrogen-bond donors (Lipinski definition) is 1. The Morgan fingerprint density at radius 2 is 1.89 bits per heavy atom. The molecule has 5 heteroatoms. The van der Waals surface area contributed by atoms with Crippen LogP contribution in [0.1, 0.15) is 18.0 Å². The standard InChI is InChI=1S/C13H18F2N2S/c14-11-6-10(7-12(15)8-11)13(9-16)17-2-1-4-18-5-3-17/h6-8,13H,1-5,9,16H2. The number of thioether (sulfide) groups is 1. The number of halogens is 2. The number of benzene rings is 1. The molecular weight excluding hydrogens is 254 g/mol. The largest absolute Gasteiger partial charge is 0.329 e. The van der Waals surface area contributed by atoms with Gasteiger partial charge in [-0.25, -0.2) is 8.78 Å². The molecular formula is C13H18F2N2S. The highest BCUT2D eigenvalue weighted by Gasteiger charge is 2.21. The van der Waals surface area contributed by atoms with Crippen LogP contribution in [-0.2, 0) is 0 Å². The zero-order valence-corrected chi connectivity index (χ0v) is 11.1. The van der Waals surface area contributed by atoms with Gasteiger partial charge in [0.05, 0.1) is 0 Å². The van der Waals surface area contributed by atoms with Gasteiger partial charge in [-0.3, -0.25) is 4.90 Å². The van der Waals surface area contributed by atoms with Gasteiger partial charge in [0.25, 0.3) is 0 Å². The quantitative estimate of drug-likeness (QED) is 0.916. The molecule has 1 heterocycles. The maximum Gasteiger partial charge on any atom is 0.126 e. The minimum absolute atomic E-state index is 0.0890. The fourth-order valence-corrected chi connectivity index (χ4v) is 3.24. The molecule has 1 unspecified atom stereocenters. The van der Waals surface area contributed by atoms with Gasteiger partial charge in [0.1, 0.15) is 11.6 Å². The van der Waals surface area contributed by atoms with Gasteiger partial charge in [0.2, 0.25) is 0 Å². The average molecular weight is 272 g/mol. The third kappa shape index (κ3) is 3.43. The van der Waals surface area contributed by atoms with E-state index in [2.05, 4.69) is 4.90 Å². The van der Waals surface area contributed by atoms with Gasteiger partial charge in [-0.1, -0.05) is 0 Å². The van der Waals surface area contributed by atoms with E-state index in [0.29, 0.717) is 12.1 Å². The predicted octanol–water partition coefficient (Wildman–Crippen LogP) is 2.40. The Bertz CT molecular complexity index is 372. The molecule has 0 spiro atoms. The second-order valence-electron chi connectivity index (χ2n) is 4.46. The first kappa shape index (κ1) is 13.8. The molecule has 1 atom stereocenters. The van der Waals surface area contributed by atoms with Crippen molar-refractivity contribution in [2.24, 2.45) is 5.73 Å². The van der Waals surface area contributed by atoms with Crippen LogP contribution < -0.4 is 5.73 Å². The first-order valence-electron chi connectivity index (χ1n) is 6.18. The van der Waals surface area contributed by atoms with E-state index in [1.54, 1.807) is 0 Å². The van der Waals surface area contributed by atoms with E-state index in [1.807, 2.05) is 11.8 Å². The molecule has 0 saturated carbocycles. The van der Waals surface area contributed by atoms with E-state index in [0.717, 1.165) is 37.1 Å². The molecule has 2 nitrogen and oxygen atoms in total. The lowest BCUT2D eigenvalue weighted by atomic mass is 10.0. The van der Waals surface area contributed by atoms with Gasteiger partial charge in [-0.05, 0) is 36.4 Å². The van der Waals surface area contributed by atoms with Crippen molar-refractivity contribution in [1.82, 2.24) is 4.90 Å². The number of nitrogens with two attached hydrogens (primary N) is 1. The summed E-state index contributed by atoms with van der Waals surface area (Å²) >= 11 is 1.92. The highest BCUT2D eigenvalue weighted by molar-refractivity contribution is 7.99. The van der Waals surface area contributed by atoms with Gasteiger partial charge >= 0.3 is 0 Å². The van der Waals surface area contributed by atoms with Crippen molar-refractivity contribution in [3.63, 3.8) is 0 Å². The molecule has 1 aliphatic rings. The number of nitrogens with zero attached hydrogens (tertiary/aromatic N) is 1. The molecule has 0 aliphatic carbocycles. The van der Waals surface area contributed by atoms with Crippen molar-refractivity contribution in [2.45, 2.75) is 12.5 Å². The van der Waals surface area contributed by atoms with Gasteiger partial charge in [0, 0.05) is 31.0 Å². The summed E-state index contributed by atoms with van der Waals surface area (Å²) in [7, 11) is 0. The average Bonchev–Trinajstić information content (AvgIpc) is 2.58. The fraction of sp³-hybridized carbons (Fsp3) is 0.538. The molecule has 1 fully saturated rings. The van der Waals surface area contributed by atoms with Crippen LogP contribution in [0.4, 0.5) is 8.78 Å². The topological polar surface area (TPSA) is 29.3 Å². The third-order valence-electron chi connectivity index (χ3n) is 3.19. The maximum atomic E-state index is 13.3. The second kappa shape index (κ2) is 6.50. The van der Waals surface area contributed by atoms with Crippen molar-refractivity contribution in [1.29, 1.82) is 0 Å². The molecule has 1 saturated heterocycles. The van der Waals surface area contributed by atoms with Crippen LogP contribution in [0.2, 0.25) is 0 Å². The minimum atomic E-state index is -0.535. The lowest BCUT2D eigenvalue weighted by molar-refractivity contribution is 0.217. The predicted molar refractivity (Wildman–Crippen MR) is 71.7 cm³/mol. The summed E-state index contributed by atoms with van der Waals surface area (Å²) in [4.78, 5) is 2.23. The molecule has 18 heavy (non-hydrogen) atoms. The fourth-order valence-electron chi connectivity index (χ4n) is 2.34. The maximum absolute atomic E-state index is 13.3. The molecule has 0 amide bonds. The Kier molecular flexibility index (Phi) is 4.97. The summed E-state index contributed by atoms with van der Waals surface area (Å²) in [5.41, 5.74) is 6.43. The number of hydrogen-bond acceptors (Lipinski definition) is 3. The highest BCUT2D eigenvalue weighted by atomic mass is 32.2. The molecule has 2 N–H and O–H groups in total. The molecule has 0 aromatic heterocycles. The molecule has 100 valence electrons. The summed E-state index contributed by atoms with van der Waals surface area (Å²) < 4.78 is 26.5. The summed E-state index contributed by atoms with van der Waals surface area (Å²) in [5, 5.41) is 0. The van der Waals surface area contributed by atoms with E-state index >= 15 is 0 Å². The van der Waals surface area contributed by atoms with Crippen LogP contribution in [0, 0.1) is 11.6 Å². The van der Waals surface area contributed by atoms with Gasteiger partial charge in [0.15, 0.2) is 0 Å². The Morgan fingerprint density at radius 1 is 1.17 bits per heavy atom. The van der Waals surface area contributed by atoms with E-state index in [1.165, 1.54) is 12.1 Å². The number of rotatable bonds is 3. The molecule has 1 aromatic carbocycles. The van der Waals surface area contributed by atoms with E-state index in [-0.39, 0.29) is 6.04 Å². The first-order valence-corrected chi connectivity index (χ1v) is 7.34. The van der Waals surface area contributed by atoms with E-state index < -0.39 is 11.6 Å². The van der Waals surface area contributed by atoms with Crippen LogP contribution >= 0.6 is 11.8 Å². The van der Waals surface area contributed by atoms with Crippen molar-refractivity contribution < 1.29 is 8.78 Å². The third-order valence-corrected chi connectivity index (χ3v) is 4.24. The summed E-state index contributed by atoms with van der Waals surface area (Å²) in [6.07, 6.45) is 1.10. The lowest BCUT2D eigenvalue weighted by Gasteiger charge is -2.29. The van der Waals surface area contributed by atoms with Gasteiger partial charge < -0.3 is 5.73 Å². The highest BCUT2D eigenvalue weighted by Crippen LogP contribution is 2.24. The monoisotopic (exact) mass is 272 g/mol. The Hall–Kier alpha value is -0.650. The van der Waals surface area contributed by atoms with Crippen molar-refractivity contribution >= 4 is 11.8 Å². The molecule has 0 bridgehead atoms. The van der Waals surface area contributed by atoms with Gasteiger partial charge in [-0.15, -0.1) is 0 Å². The zero-order chi connectivity index (χ0) is 13.0. The first-order chi connectivity index (χ1) is 8.70. The van der Waals surface area contributed by atoms with Crippen LogP contribution in [0.3, 0.4) is 0 Å². The second-order valence-corrected chi connectivity index (χ2v) is 5.68. The summed E-state index contributed by atoms with van der Waals surface area (Å²) in [6, 6.07) is 3.58. The van der Waals surface area contributed by atoms with Crippen LogP contribution in [-0.4, -0.2) is 36.0 Å². The van der Waals surface area contributed by atoms with Crippen molar-refractivity contribution in [3.8, 4) is 0 Å². The Balaban J connectivity index is 2.20. The Morgan fingerprint density at radius 3 is 2.56 bits per heavy atom. The summed E-state index contributed by atoms with van der Waals surface area (Å²) in [5.74, 6) is 1.12. The van der Waals surface area contributed by atoms with Crippen LogP contribution in [0.25, 0.3) is 0 Å².